The summed E-state index contributed by atoms with van der Waals surface area (Å²) >= 11 is 0. The largest absolute Gasteiger partial charge is 0.373 e. The first-order chi connectivity index (χ1) is 5.36. The molecule has 1 aromatic heterocycles. The fraction of sp³-hybridized carbons (Fsp3) is 0.222. The average molecular weight is 148 g/mol. The normalized spacial score (nSPS) is 10.4. The molecular weight excluding hydrogens is 136 g/mol. The van der Waals surface area contributed by atoms with E-state index in [0.717, 1.165) is 11.4 Å². The van der Waals surface area contributed by atoms with Crippen molar-refractivity contribution in [1.29, 1.82) is 0 Å². The number of pyridine rings is 1. The Morgan fingerprint density at radius 2 is 2.27 bits per heavy atom. The Labute approximate surface area is 67.0 Å². The van der Waals surface area contributed by atoms with Gasteiger partial charge in [-0.1, -0.05) is 12.2 Å². The van der Waals surface area contributed by atoms with Gasteiger partial charge in [-0.15, -0.1) is 0 Å². The molecule has 0 bridgehead atoms. The van der Waals surface area contributed by atoms with E-state index in [4.69, 9.17) is 0 Å². The maximum Gasteiger partial charge on any atom is 0.125 e. The zero-order valence-electron chi connectivity index (χ0n) is 6.83. The molecule has 0 aliphatic carbocycles. The number of anilines is 1. The Morgan fingerprint density at radius 3 is 2.73 bits per heavy atom. The Balaban J connectivity index is 2.82. The van der Waals surface area contributed by atoms with Crippen molar-refractivity contribution in [2.75, 3.05) is 12.4 Å². The summed E-state index contributed by atoms with van der Waals surface area (Å²) in [5.41, 5.74) is 1.13. The number of aromatic nitrogens is 1. The summed E-state index contributed by atoms with van der Waals surface area (Å²) in [7, 11) is 1.86. The van der Waals surface area contributed by atoms with E-state index in [1.807, 2.05) is 44.5 Å². The molecule has 0 aromatic carbocycles. The highest BCUT2D eigenvalue weighted by atomic mass is 14.9. The summed E-state index contributed by atoms with van der Waals surface area (Å²) in [6.07, 6.45) is 5.86. The van der Waals surface area contributed by atoms with Crippen LogP contribution in [-0.2, 0) is 0 Å². The van der Waals surface area contributed by atoms with Crippen molar-refractivity contribution in [2.45, 2.75) is 6.92 Å². The van der Waals surface area contributed by atoms with E-state index < -0.39 is 0 Å². The van der Waals surface area contributed by atoms with Gasteiger partial charge in [-0.25, -0.2) is 4.98 Å². The minimum atomic E-state index is 0.901. The zero-order valence-corrected chi connectivity index (χ0v) is 6.83. The highest BCUT2D eigenvalue weighted by Crippen LogP contribution is 2.04. The molecule has 58 valence electrons. The van der Waals surface area contributed by atoms with Crippen LogP contribution < -0.4 is 5.32 Å². The summed E-state index contributed by atoms with van der Waals surface area (Å²) in [6.45, 7) is 1.99. The van der Waals surface area contributed by atoms with Crippen LogP contribution in [0.5, 0.6) is 0 Å². The second-order valence-corrected chi connectivity index (χ2v) is 2.23. The summed E-state index contributed by atoms with van der Waals surface area (Å²) in [5, 5.41) is 2.96. The SMILES string of the molecule is C/C=C/c1ccc(NC)nc1. The van der Waals surface area contributed by atoms with Crippen LogP contribution in [0.2, 0.25) is 0 Å². The second kappa shape index (κ2) is 3.76. The summed E-state index contributed by atoms with van der Waals surface area (Å²) in [4.78, 5) is 4.15. The Hall–Kier alpha value is -1.31. The van der Waals surface area contributed by atoms with Crippen LogP contribution in [0.4, 0.5) is 5.82 Å². The van der Waals surface area contributed by atoms with Crippen LogP contribution in [0.25, 0.3) is 6.08 Å². The van der Waals surface area contributed by atoms with Gasteiger partial charge in [-0.05, 0) is 24.6 Å². The average Bonchev–Trinajstić information content (AvgIpc) is 2.07. The Bertz CT molecular complexity index is 236. The van der Waals surface area contributed by atoms with Gasteiger partial charge in [0.15, 0.2) is 0 Å². The highest BCUT2D eigenvalue weighted by molar-refractivity contribution is 5.50. The summed E-state index contributed by atoms with van der Waals surface area (Å²) in [6, 6.07) is 3.98. The smallest absolute Gasteiger partial charge is 0.125 e. The molecule has 2 nitrogen and oxygen atoms in total. The maximum absolute atomic E-state index is 4.15. The van der Waals surface area contributed by atoms with E-state index in [9.17, 15) is 0 Å². The van der Waals surface area contributed by atoms with Crippen LogP contribution in [0.1, 0.15) is 12.5 Å². The third-order valence-electron chi connectivity index (χ3n) is 1.40. The van der Waals surface area contributed by atoms with Crippen molar-refractivity contribution in [3.05, 3.63) is 30.0 Å². The molecule has 0 unspecified atom stereocenters. The van der Waals surface area contributed by atoms with Crippen LogP contribution >= 0.6 is 0 Å². The molecule has 0 saturated carbocycles. The van der Waals surface area contributed by atoms with Gasteiger partial charge in [0.25, 0.3) is 0 Å². The Kier molecular flexibility index (Phi) is 2.66. The highest BCUT2D eigenvalue weighted by Gasteiger charge is 1.87. The quantitative estimate of drug-likeness (QED) is 0.695. The van der Waals surface area contributed by atoms with E-state index in [-0.39, 0.29) is 0 Å². The number of allylic oxidation sites excluding steroid dienone is 1. The fourth-order valence-corrected chi connectivity index (χ4v) is 0.844. The van der Waals surface area contributed by atoms with Gasteiger partial charge in [0.1, 0.15) is 5.82 Å². The molecule has 0 fully saturated rings. The summed E-state index contributed by atoms with van der Waals surface area (Å²) < 4.78 is 0. The van der Waals surface area contributed by atoms with Gasteiger partial charge in [-0.3, -0.25) is 0 Å². The molecule has 0 radical (unpaired) electrons. The molecule has 0 atom stereocenters. The lowest BCUT2D eigenvalue weighted by atomic mass is 10.2. The molecule has 0 spiro atoms. The first-order valence-corrected chi connectivity index (χ1v) is 3.63. The van der Waals surface area contributed by atoms with Gasteiger partial charge in [0, 0.05) is 13.2 Å². The molecule has 0 saturated heterocycles. The van der Waals surface area contributed by atoms with Crippen molar-refractivity contribution < 1.29 is 0 Å². The molecule has 1 rings (SSSR count). The number of rotatable bonds is 2. The minimum Gasteiger partial charge on any atom is -0.373 e. The molecule has 1 aromatic rings. The molecule has 11 heavy (non-hydrogen) atoms. The molecule has 1 N–H and O–H groups in total. The molecular formula is C9H12N2. The monoisotopic (exact) mass is 148 g/mol. The van der Waals surface area contributed by atoms with Gasteiger partial charge in [-0.2, -0.15) is 0 Å². The lowest BCUT2D eigenvalue weighted by Gasteiger charge is -1.97. The molecule has 1 heterocycles. The van der Waals surface area contributed by atoms with E-state index in [2.05, 4.69) is 10.3 Å². The first kappa shape index (κ1) is 7.79. The lowest BCUT2D eigenvalue weighted by molar-refractivity contribution is 1.28. The zero-order chi connectivity index (χ0) is 8.10. The van der Waals surface area contributed by atoms with Gasteiger partial charge in [0.05, 0.1) is 0 Å². The van der Waals surface area contributed by atoms with Crippen molar-refractivity contribution in [3.63, 3.8) is 0 Å². The van der Waals surface area contributed by atoms with Gasteiger partial charge in [0.2, 0.25) is 0 Å². The topological polar surface area (TPSA) is 24.9 Å². The van der Waals surface area contributed by atoms with Crippen LogP contribution in [-0.4, -0.2) is 12.0 Å². The van der Waals surface area contributed by atoms with Gasteiger partial charge < -0.3 is 5.32 Å². The van der Waals surface area contributed by atoms with Crippen LogP contribution in [0, 0.1) is 0 Å². The Morgan fingerprint density at radius 1 is 1.45 bits per heavy atom. The van der Waals surface area contributed by atoms with E-state index in [0.29, 0.717) is 0 Å². The van der Waals surface area contributed by atoms with Crippen LogP contribution in [0.15, 0.2) is 24.4 Å². The standard InChI is InChI=1S/C9H12N2/c1-3-4-8-5-6-9(10-2)11-7-8/h3-7H,1-2H3,(H,10,11)/b4-3+. The molecule has 0 aliphatic rings. The third kappa shape index (κ3) is 2.08. The van der Waals surface area contributed by atoms with Crippen molar-refractivity contribution in [2.24, 2.45) is 0 Å². The van der Waals surface area contributed by atoms with E-state index in [1.54, 1.807) is 0 Å². The predicted octanol–water partition coefficient (Wildman–Crippen LogP) is 2.16. The molecule has 0 aliphatic heterocycles. The van der Waals surface area contributed by atoms with Crippen molar-refractivity contribution in [1.82, 2.24) is 4.98 Å². The van der Waals surface area contributed by atoms with E-state index >= 15 is 0 Å². The molecule has 0 amide bonds. The third-order valence-corrected chi connectivity index (χ3v) is 1.40. The molecule has 2 heteroatoms. The van der Waals surface area contributed by atoms with Crippen molar-refractivity contribution in [3.8, 4) is 0 Å². The minimum absolute atomic E-state index is 0.901. The second-order valence-electron chi connectivity index (χ2n) is 2.23. The fourth-order valence-electron chi connectivity index (χ4n) is 0.844. The number of nitrogens with zero attached hydrogens (tertiary/aromatic N) is 1. The summed E-state index contributed by atoms with van der Waals surface area (Å²) in [5.74, 6) is 0.901. The lowest BCUT2D eigenvalue weighted by Crippen LogP contribution is -1.90. The van der Waals surface area contributed by atoms with Gasteiger partial charge >= 0.3 is 0 Å². The van der Waals surface area contributed by atoms with E-state index in [1.165, 1.54) is 0 Å². The predicted molar refractivity (Wildman–Crippen MR) is 48.5 cm³/mol. The van der Waals surface area contributed by atoms with Crippen LogP contribution in [0.3, 0.4) is 0 Å². The number of hydrogen-bond acceptors (Lipinski definition) is 2. The number of nitrogens with one attached hydrogen (secondary N) is 1. The number of hydrogen-bond donors (Lipinski definition) is 1. The van der Waals surface area contributed by atoms with Crippen molar-refractivity contribution >= 4 is 11.9 Å². The first-order valence-electron chi connectivity index (χ1n) is 3.63. The maximum atomic E-state index is 4.15.